The van der Waals surface area contributed by atoms with Gasteiger partial charge in [-0.2, -0.15) is 0 Å². The van der Waals surface area contributed by atoms with E-state index in [1.807, 2.05) is 43.3 Å². The van der Waals surface area contributed by atoms with E-state index in [2.05, 4.69) is 4.98 Å². The van der Waals surface area contributed by atoms with E-state index in [1.54, 1.807) is 6.92 Å². The first-order chi connectivity index (χ1) is 8.08. The van der Waals surface area contributed by atoms with Gasteiger partial charge < -0.3 is 0 Å². The van der Waals surface area contributed by atoms with Crippen molar-refractivity contribution in [1.82, 2.24) is 4.98 Å². The molecule has 0 atom stereocenters. The maximum absolute atomic E-state index is 11.3. The van der Waals surface area contributed by atoms with Crippen LogP contribution in [0.4, 0.5) is 0 Å². The molecule has 0 aliphatic heterocycles. The largest absolute Gasteiger partial charge is 0.294 e. The number of rotatable bonds is 2. The number of ketones is 1. The minimum absolute atomic E-state index is 0.0395. The van der Waals surface area contributed by atoms with Crippen LogP contribution in [0.3, 0.4) is 0 Å². The van der Waals surface area contributed by atoms with Gasteiger partial charge in [-0.1, -0.05) is 23.7 Å². The number of halogens is 1. The molecule has 0 N–H and O–H groups in total. The van der Waals surface area contributed by atoms with Gasteiger partial charge in [0.05, 0.1) is 5.69 Å². The van der Waals surface area contributed by atoms with Crippen molar-refractivity contribution in [3.8, 4) is 11.3 Å². The van der Waals surface area contributed by atoms with E-state index in [0.717, 1.165) is 17.0 Å². The van der Waals surface area contributed by atoms with Crippen LogP contribution in [0.25, 0.3) is 11.3 Å². The van der Waals surface area contributed by atoms with Gasteiger partial charge in [-0.05, 0) is 38.1 Å². The Kier molecular flexibility index (Phi) is 3.25. The van der Waals surface area contributed by atoms with Gasteiger partial charge in [-0.25, -0.2) is 0 Å². The lowest BCUT2D eigenvalue weighted by Gasteiger charge is -2.05. The first-order valence-electron chi connectivity index (χ1n) is 5.32. The second kappa shape index (κ2) is 4.68. The molecule has 0 saturated carbocycles. The molecule has 2 rings (SSSR count). The molecule has 0 aliphatic carbocycles. The normalized spacial score (nSPS) is 10.3. The highest BCUT2D eigenvalue weighted by atomic mass is 35.5. The van der Waals surface area contributed by atoms with Gasteiger partial charge in [-0.15, -0.1) is 0 Å². The zero-order chi connectivity index (χ0) is 12.4. The number of aryl methyl sites for hydroxylation is 1. The standard InChI is InChI=1S/C14H12ClNO/c1-9-13(10(2)17)7-8-14(16-9)11-3-5-12(15)6-4-11/h3-8H,1-2H3. The predicted molar refractivity (Wildman–Crippen MR) is 69.4 cm³/mol. The SMILES string of the molecule is CC(=O)c1ccc(-c2ccc(Cl)cc2)nc1C. The molecule has 1 aromatic carbocycles. The second-order valence-corrected chi connectivity index (χ2v) is 4.33. The van der Waals surface area contributed by atoms with Crippen molar-refractivity contribution in [3.05, 3.63) is 52.7 Å². The van der Waals surface area contributed by atoms with Gasteiger partial charge in [0.25, 0.3) is 0 Å². The summed E-state index contributed by atoms with van der Waals surface area (Å²) in [5.74, 6) is 0.0395. The summed E-state index contributed by atoms with van der Waals surface area (Å²) in [7, 11) is 0. The Labute approximate surface area is 105 Å². The number of benzene rings is 1. The average molecular weight is 246 g/mol. The molecule has 0 aliphatic rings. The number of hydrogen-bond donors (Lipinski definition) is 0. The van der Waals surface area contributed by atoms with Crippen LogP contribution in [0.5, 0.6) is 0 Å². The Bertz CT molecular complexity index is 561. The summed E-state index contributed by atoms with van der Waals surface area (Å²) < 4.78 is 0. The van der Waals surface area contributed by atoms with E-state index < -0.39 is 0 Å². The second-order valence-electron chi connectivity index (χ2n) is 3.89. The molecule has 0 saturated heterocycles. The molecule has 0 bridgehead atoms. The van der Waals surface area contributed by atoms with Crippen molar-refractivity contribution >= 4 is 17.4 Å². The van der Waals surface area contributed by atoms with E-state index in [1.165, 1.54) is 0 Å². The number of hydrogen-bond acceptors (Lipinski definition) is 2. The van der Waals surface area contributed by atoms with Gasteiger partial charge in [-0.3, -0.25) is 9.78 Å². The van der Waals surface area contributed by atoms with Crippen molar-refractivity contribution < 1.29 is 4.79 Å². The Hall–Kier alpha value is -1.67. The van der Waals surface area contributed by atoms with E-state index in [9.17, 15) is 4.79 Å². The van der Waals surface area contributed by atoms with Gasteiger partial charge >= 0.3 is 0 Å². The van der Waals surface area contributed by atoms with Crippen LogP contribution in [0.15, 0.2) is 36.4 Å². The van der Waals surface area contributed by atoms with Crippen molar-refractivity contribution in [3.63, 3.8) is 0 Å². The molecule has 1 aromatic heterocycles. The van der Waals surface area contributed by atoms with Crippen LogP contribution in [-0.2, 0) is 0 Å². The number of Topliss-reactive ketones (excluding diaryl/α,β-unsaturated/α-hetero) is 1. The highest BCUT2D eigenvalue weighted by molar-refractivity contribution is 6.30. The van der Waals surface area contributed by atoms with Gasteiger partial charge in [0.1, 0.15) is 0 Å². The topological polar surface area (TPSA) is 30.0 Å². The molecule has 17 heavy (non-hydrogen) atoms. The zero-order valence-electron chi connectivity index (χ0n) is 9.70. The van der Waals surface area contributed by atoms with Gasteiger partial charge in [0.15, 0.2) is 5.78 Å². The van der Waals surface area contributed by atoms with E-state index in [-0.39, 0.29) is 5.78 Å². The summed E-state index contributed by atoms with van der Waals surface area (Å²) in [5, 5.41) is 0.700. The molecule has 0 radical (unpaired) electrons. The monoisotopic (exact) mass is 245 g/mol. The van der Waals surface area contributed by atoms with Crippen molar-refractivity contribution in [2.45, 2.75) is 13.8 Å². The quantitative estimate of drug-likeness (QED) is 0.751. The molecule has 0 unspecified atom stereocenters. The van der Waals surface area contributed by atoms with Crippen LogP contribution in [0, 0.1) is 6.92 Å². The molecule has 0 spiro atoms. The number of nitrogens with zero attached hydrogens (tertiary/aromatic N) is 1. The smallest absolute Gasteiger partial charge is 0.161 e. The Morgan fingerprint density at radius 3 is 2.29 bits per heavy atom. The van der Waals surface area contributed by atoms with E-state index in [0.29, 0.717) is 10.6 Å². The summed E-state index contributed by atoms with van der Waals surface area (Å²) in [5.41, 5.74) is 3.27. The average Bonchev–Trinajstić information content (AvgIpc) is 2.29. The molecule has 1 heterocycles. The summed E-state index contributed by atoms with van der Waals surface area (Å²) in [6, 6.07) is 11.1. The minimum atomic E-state index is 0.0395. The first kappa shape index (κ1) is 11.8. The minimum Gasteiger partial charge on any atom is -0.294 e. The highest BCUT2D eigenvalue weighted by Gasteiger charge is 2.07. The number of carbonyl (C=O) groups excluding carboxylic acids is 1. The lowest BCUT2D eigenvalue weighted by Crippen LogP contribution is -1.99. The van der Waals surface area contributed by atoms with Crippen LogP contribution in [-0.4, -0.2) is 10.8 Å². The number of aromatic nitrogens is 1. The lowest BCUT2D eigenvalue weighted by atomic mass is 10.1. The fourth-order valence-electron chi connectivity index (χ4n) is 1.71. The number of carbonyl (C=O) groups is 1. The van der Waals surface area contributed by atoms with Crippen LogP contribution < -0.4 is 0 Å². The zero-order valence-corrected chi connectivity index (χ0v) is 10.5. The van der Waals surface area contributed by atoms with Crippen molar-refractivity contribution in [2.75, 3.05) is 0 Å². The summed E-state index contributed by atoms with van der Waals surface area (Å²) in [6.45, 7) is 3.39. The van der Waals surface area contributed by atoms with Crippen LogP contribution >= 0.6 is 11.6 Å². The third-order valence-electron chi connectivity index (χ3n) is 2.61. The van der Waals surface area contributed by atoms with E-state index in [4.69, 9.17) is 11.6 Å². The molecular weight excluding hydrogens is 234 g/mol. The fourth-order valence-corrected chi connectivity index (χ4v) is 1.84. The van der Waals surface area contributed by atoms with Crippen LogP contribution in [0.1, 0.15) is 23.0 Å². The highest BCUT2D eigenvalue weighted by Crippen LogP contribution is 2.21. The van der Waals surface area contributed by atoms with Gasteiger partial charge in [0, 0.05) is 21.8 Å². The van der Waals surface area contributed by atoms with Crippen molar-refractivity contribution in [1.29, 1.82) is 0 Å². The number of pyridine rings is 1. The molecule has 2 nitrogen and oxygen atoms in total. The maximum Gasteiger partial charge on any atom is 0.161 e. The van der Waals surface area contributed by atoms with Crippen molar-refractivity contribution in [2.24, 2.45) is 0 Å². The fraction of sp³-hybridized carbons (Fsp3) is 0.143. The first-order valence-corrected chi connectivity index (χ1v) is 5.70. The van der Waals surface area contributed by atoms with Crippen LogP contribution in [0.2, 0.25) is 5.02 Å². The third kappa shape index (κ3) is 2.53. The Morgan fingerprint density at radius 2 is 1.76 bits per heavy atom. The Balaban J connectivity index is 2.44. The molecule has 0 fully saturated rings. The lowest BCUT2D eigenvalue weighted by molar-refractivity contribution is 0.101. The Morgan fingerprint density at radius 1 is 1.12 bits per heavy atom. The molecule has 0 amide bonds. The molecular formula is C14H12ClNO. The van der Waals surface area contributed by atoms with E-state index >= 15 is 0 Å². The summed E-state index contributed by atoms with van der Waals surface area (Å²) >= 11 is 5.83. The molecule has 2 aromatic rings. The summed E-state index contributed by atoms with van der Waals surface area (Å²) in [6.07, 6.45) is 0. The van der Waals surface area contributed by atoms with Gasteiger partial charge in [0.2, 0.25) is 0 Å². The third-order valence-corrected chi connectivity index (χ3v) is 2.86. The maximum atomic E-state index is 11.3. The molecule has 3 heteroatoms. The molecule has 86 valence electrons. The summed E-state index contributed by atoms with van der Waals surface area (Å²) in [4.78, 5) is 15.7. The predicted octanol–water partition coefficient (Wildman–Crippen LogP) is 3.91.